The largest absolute Gasteiger partial charge is 0.497 e. The number of alkyl halides is 3. The first-order valence-corrected chi connectivity index (χ1v) is 13.0. The van der Waals surface area contributed by atoms with E-state index in [0.717, 1.165) is 14.9 Å². The van der Waals surface area contributed by atoms with E-state index in [1.807, 2.05) is 0 Å². The standard InChI is InChI=1S/C25H20ClF3IN3O3S/c1-35-19-8-3-15(20(11-19)36-2)12-32(24(34)21-9-10-22(26)37-21)13-16-14-33(31-23(16)25(27,28)29)18-6-4-17(30)5-7-18/h3-11,14H,12-13H2,1-2H3. The third-order valence-electron chi connectivity index (χ3n) is 5.44. The number of aromatic nitrogens is 2. The summed E-state index contributed by atoms with van der Waals surface area (Å²) in [5, 5.41) is 3.83. The summed E-state index contributed by atoms with van der Waals surface area (Å²) in [6.07, 6.45) is -3.42. The van der Waals surface area contributed by atoms with Gasteiger partial charge in [0.1, 0.15) is 11.5 Å². The molecule has 0 saturated heterocycles. The highest BCUT2D eigenvalue weighted by molar-refractivity contribution is 14.1. The molecule has 0 atom stereocenters. The molecule has 0 bridgehead atoms. The van der Waals surface area contributed by atoms with Gasteiger partial charge in [0.2, 0.25) is 0 Å². The Balaban J connectivity index is 1.75. The first kappa shape index (κ1) is 27.3. The van der Waals surface area contributed by atoms with E-state index in [4.69, 9.17) is 21.1 Å². The molecule has 0 fully saturated rings. The van der Waals surface area contributed by atoms with Crippen molar-refractivity contribution in [3.05, 3.63) is 90.4 Å². The summed E-state index contributed by atoms with van der Waals surface area (Å²) in [5.74, 6) is 0.513. The monoisotopic (exact) mass is 661 g/mol. The molecule has 0 aliphatic heterocycles. The number of benzene rings is 2. The number of hydrogen-bond donors (Lipinski definition) is 0. The van der Waals surface area contributed by atoms with Gasteiger partial charge < -0.3 is 14.4 Å². The highest BCUT2D eigenvalue weighted by Gasteiger charge is 2.38. The summed E-state index contributed by atoms with van der Waals surface area (Å²) in [7, 11) is 2.98. The fraction of sp³-hybridized carbons (Fsp3) is 0.200. The van der Waals surface area contributed by atoms with Crippen LogP contribution in [0, 0.1) is 3.57 Å². The number of carbonyl (C=O) groups is 1. The molecule has 6 nitrogen and oxygen atoms in total. The van der Waals surface area contributed by atoms with Gasteiger partial charge in [0.05, 0.1) is 42.2 Å². The second kappa shape index (κ2) is 11.3. The molecule has 0 radical (unpaired) electrons. The van der Waals surface area contributed by atoms with Crippen LogP contribution in [0.2, 0.25) is 4.34 Å². The van der Waals surface area contributed by atoms with E-state index in [1.54, 1.807) is 54.6 Å². The van der Waals surface area contributed by atoms with E-state index < -0.39 is 17.8 Å². The minimum atomic E-state index is -4.72. The topological polar surface area (TPSA) is 56.6 Å². The fourth-order valence-electron chi connectivity index (χ4n) is 3.67. The van der Waals surface area contributed by atoms with Crippen LogP contribution >= 0.6 is 45.5 Å². The minimum Gasteiger partial charge on any atom is -0.497 e. The summed E-state index contributed by atoms with van der Waals surface area (Å²) in [5.41, 5.74) is -0.140. The predicted molar refractivity (Wildman–Crippen MR) is 144 cm³/mol. The number of nitrogens with zero attached hydrogens (tertiary/aromatic N) is 3. The van der Waals surface area contributed by atoms with Gasteiger partial charge in [-0.2, -0.15) is 18.3 Å². The molecule has 0 unspecified atom stereocenters. The maximum Gasteiger partial charge on any atom is 0.435 e. The summed E-state index contributed by atoms with van der Waals surface area (Å²) < 4.78 is 55.2. The first-order chi connectivity index (χ1) is 17.6. The van der Waals surface area contributed by atoms with E-state index in [0.29, 0.717) is 32.0 Å². The zero-order chi connectivity index (χ0) is 26.7. The summed E-state index contributed by atoms with van der Waals surface area (Å²) >= 11 is 9.19. The van der Waals surface area contributed by atoms with E-state index in [-0.39, 0.29) is 18.7 Å². The molecule has 2 aromatic carbocycles. The molecule has 0 saturated carbocycles. The van der Waals surface area contributed by atoms with Crippen molar-refractivity contribution in [3.63, 3.8) is 0 Å². The lowest BCUT2D eigenvalue weighted by atomic mass is 10.1. The average molecular weight is 662 g/mol. The third kappa shape index (κ3) is 6.39. The molecule has 0 N–H and O–H groups in total. The highest BCUT2D eigenvalue weighted by atomic mass is 127. The van der Waals surface area contributed by atoms with Crippen LogP contribution in [0.25, 0.3) is 5.69 Å². The fourth-order valence-corrected chi connectivity index (χ4v) is 5.04. The lowest BCUT2D eigenvalue weighted by Crippen LogP contribution is -2.30. The quantitative estimate of drug-likeness (QED) is 0.190. The second-order valence-electron chi connectivity index (χ2n) is 7.86. The minimum absolute atomic E-state index is 0.0203. The Morgan fingerprint density at radius 3 is 2.35 bits per heavy atom. The van der Waals surface area contributed by atoms with Crippen LogP contribution in [-0.4, -0.2) is 34.8 Å². The molecule has 2 aromatic heterocycles. The molecule has 37 heavy (non-hydrogen) atoms. The Hall–Kier alpha value is -2.77. The van der Waals surface area contributed by atoms with E-state index in [1.165, 1.54) is 30.0 Å². The molecule has 0 aliphatic rings. The molecule has 12 heteroatoms. The number of rotatable bonds is 8. The molecule has 0 spiro atoms. The smallest absolute Gasteiger partial charge is 0.435 e. The van der Waals surface area contributed by atoms with Crippen LogP contribution < -0.4 is 9.47 Å². The zero-order valence-corrected chi connectivity index (χ0v) is 23.3. The van der Waals surface area contributed by atoms with Gasteiger partial charge in [-0.05, 0) is 71.1 Å². The van der Waals surface area contributed by atoms with Gasteiger partial charge in [0.15, 0.2) is 5.69 Å². The van der Waals surface area contributed by atoms with Gasteiger partial charge in [0.25, 0.3) is 5.91 Å². The third-order valence-corrected chi connectivity index (χ3v) is 7.38. The van der Waals surface area contributed by atoms with Crippen LogP contribution in [0.15, 0.2) is 60.8 Å². The number of methoxy groups -OCH3 is 2. The van der Waals surface area contributed by atoms with Crippen molar-refractivity contribution in [3.8, 4) is 17.2 Å². The molecule has 2 heterocycles. The van der Waals surface area contributed by atoms with Gasteiger partial charge in [0, 0.05) is 27.0 Å². The molecular weight excluding hydrogens is 642 g/mol. The van der Waals surface area contributed by atoms with Gasteiger partial charge in [-0.15, -0.1) is 11.3 Å². The normalized spacial score (nSPS) is 11.4. The number of ether oxygens (including phenoxy) is 2. The molecule has 0 aliphatic carbocycles. The van der Waals surface area contributed by atoms with Crippen LogP contribution in [0.1, 0.15) is 26.5 Å². The molecule has 1 amide bonds. The lowest BCUT2D eigenvalue weighted by molar-refractivity contribution is -0.142. The Morgan fingerprint density at radius 2 is 1.76 bits per heavy atom. The van der Waals surface area contributed by atoms with Crippen LogP contribution in [0.4, 0.5) is 13.2 Å². The summed E-state index contributed by atoms with van der Waals surface area (Å²) in [6.45, 7) is -0.365. The predicted octanol–water partition coefficient (Wildman–Crippen LogP) is 7.07. The summed E-state index contributed by atoms with van der Waals surface area (Å²) in [4.78, 5) is 15.1. The Morgan fingerprint density at radius 1 is 1.05 bits per heavy atom. The maximum atomic E-state index is 14.0. The van der Waals surface area contributed by atoms with Crippen molar-refractivity contribution < 1.29 is 27.4 Å². The SMILES string of the molecule is COc1ccc(CN(Cc2cn(-c3ccc(I)cc3)nc2C(F)(F)F)C(=O)c2ccc(Cl)s2)c(OC)c1. The van der Waals surface area contributed by atoms with Gasteiger partial charge in [-0.1, -0.05) is 11.6 Å². The Labute approximate surface area is 233 Å². The highest BCUT2D eigenvalue weighted by Crippen LogP contribution is 2.34. The second-order valence-corrected chi connectivity index (χ2v) is 10.8. The Kier molecular flexibility index (Phi) is 8.34. The molecular formula is C25H20ClF3IN3O3S. The number of thiophene rings is 1. The Bertz CT molecular complexity index is 1410. The van der Waals surface area contributed by atoms with E-state index in [2.05, 4.69) is 27.7 Å². The van der Waals surface area contributed by atoms with Crippen LogP contribution in [0.3, 0.4) is 0 Å². The van der Waals surface area contributed by atoms with Crippen molar-refractivity contribution >= 4 is 51.4 Å². The van der Waals surface area contributed by atoms with Crippen LogP contribution in [-0.2, 0) is 19.3 Å². The van der Waals surface area contributed by atoms with E-state index in [9.17, 15) is 18.0 Å². The van der Waals surface area contributed by atoms with E-state index >= 15 is 0 Å². The van der Waals surface area contributed by atoms with Gasteiger partial charge in [-0.3, -0.25) is 4.79 Å². The average Bonchev–Trinajstić information content (AvgIpc) is 3.50. The zero-order valence-electron chi connectivity index (χ0n) is 19.6. The number of halogens is 5. The van der Waals surface area contributed by atoms with Crippen molar-refractivity contribution in [2.45, 2.75) is 19.3 Å². The van der Waals surface area contributed by atoms with Crippen molar-refractivity contribution in [2.75, 3.05) is 14.2 Å². The number of hydrogen-bond acceptors (Lipinski definition) is 5. The first-order valence-electron chi connectivity index (χ1n) is 10.8. The van der Waals surface area contributed by atoms with Crippen molar-refractivity contribution in [1.29, 1.82) is 0 Å². The number of amides is 1. The van der Waals surface area contributed by atoms with Gasteiger partial charge in [-0.25, -0.2) is 4.68 Å². The molecule has 4 aromatic rings. The summed E-state index contributed by atoms with van der Waals surface area (Å²) in [6, 6.07) is 15.1. The van der Waals surface area contributed by atoms with Crippen LogP contribution in [0.5, 0.6) is 11.5 Å². The van der Waals surface area contributed by atoms with Gasteiger partial charge >= 0.3 is 6.18 Å². The maximum absolute atomic E-state index is 14.0. The number of carbonyl (C=O) groups excluding carboxylic acids is 1. The van der Waals surface area contributed by atoms with Crippen molar-refractivity contribution in [1.82, 2.24) is 14.7 Å². The molecule has 4 rings (SSSR count). The lowest BCUT2D eigenvalue weighted by Gasteiger charge is -2.24. The van der Waals surface area contributed by atoms with Crippen molar-refractivity contribution in [2.24, 2.45) is 0 Å². The molecule has 194 valence electrons.